The molecule has 0 unspecified atom stereocenters. The van der Waals surface area contributed by atoms with E-state index in [-0.39, 0.29) is 11.5 Å². The lowest BCUT2D eigenvalue weighted by molar-refractivity contribution is 0.404. The molecular formula is C9H11N5O2. The van der Waals surface area contributed by atoms with E-state index in [4.69, 9.17) is 5.73 Å². The van der Waals surface area contributed by atoms with Gasteiger partial charge in [-0.05, 0) is 28.6 Å². The van der Waals surface area contributed by atoms with Crippen molar-refractivity contribution in [2.45, 2.75) is 6.54 Å². The van der Waals surface area contributed by atoms with Gasteiger partial charge in [0.2, 0.25) is 0 Å². The molecule has 1 aromatic carbocycles. The zero-order valence-corrected chi connectivity index (χ0v) is 8.41. The van der Waals surface area contributed by atoms with E-state index in [0.717, 1.165) is 0 Å². The van der Waals surface area contributed by atoms with E-state index < -0.39 is 0 Å². The predicted octanol–water partition coefficient (Wildman–Crippen LogP) is -0.290. The maximum absolute atomic E-state index is 9.37. The van der Waals surface area contributed by atoms with Gasteiger partial charge >= 0.3 is 0 Å². The van der Waals surface area contributed by atoms with Crippen LogP contribution in [0.1, 0.15) is 0 Å². The first-order valence-electron chi connectivity index (χ1n) is 4.71. The van der Waals surface area contributed by atoms with Gasteiger partial charge in [0.25, 0.3) is 0 Å². The zero-order valence-electron chi connectivity index (χ0n) is 8.41. The number of phenolic OH excluding ortho intramolecular Hbond substituents is 2. The number of tetrazole rings is 1. The van der Waals surface area contributed by atoms with Crippen LogP contribution in [0.2, 0.25) is 0 Å². The van der Waals surface area contributed by atoms with E-state index in [0.29, 0.717) is 24.5 Å². The van der Waals surface area contributed by atoms with Crippen LogP contribution in [0.15, 0.2) is 18.2 Å². The lowest BCUT2D eigenvalue weighted by atomic mass is 10.2. The van der Waals surface area contributed by atoms with Gasteiger partial charge in [0.05, 0.1) is 6.54 Å². The van der Waals surface area contributed by atoms with Crippen molar-refractivity contribution in [3.05, 3.63) is 18.2 Å². The second-order valence-electron chi connectivity index (χ2n) is 3.22. The molecule has 7 nitrogen and oxygen atoms in total. The van der Waals surface area contributed by atoms with Gasteiger partial charge in [0.15, 0.2) is 17.3 Å². The predicted molar refractivity (Wildman–Crippen MR) is 55.6 cm³/mol. The summed E-state index contributed by atoms with van der Waals surface area (Å²) in [7, 11) is 0. The van der Waals surface area contributed by atoms with Gasteiger partial charge in [-0.2, -0.15) is 0 Å². The average Bonchev–Trinajstić information content (AvgIpc) is 2.71. The Hall–Kier alpha value is -2.15. The van der Waals surface area contributed by atoms with Crippen LogP contribution >= 0.6 is 0 Å². The van der Waals surface area contributed by atoms with Crippen LogP contribution in [0.4, 0.5) is 0 Å². The summed E-state index contributed by atoms with van der Waals surface area (Å²) in [4.78, 5) is 0. The fraction of sp³-hybridized carbons (Fsp3) is 0.222. The molecule has 16 heavy (non-hydrogen) atoms. The highest BCUT2D eigenvalue weighted by Gasteiger charge is 2.10. The minimum atomic E-state index is -0.209. The Kier molecular flexibility index (Phi) is 2.69. The van der Waals surface area contributed by atoms with Crippen LogP contribution in [0, 0.1) is 0 Å². The van der Waals surface area contributed by atoms with Crippen LogP contribution in [0.3, 0.4) is 0 Å². The van der Waals surface area contributed by atoms with Crippen molar-refractivity contribution in [1.29, 1.82) is 0 Å². The number of nitrogens with zero attached hydrogens (tertiary/aromatic N) is 4. The van der Waals surface area contributed by atoms with Crippen molar-refractivity contribution in [1.82, 2.24) is 20.2 Å². The minimum Gasteiger partial charge on any atom is -0.504 e. The number of hydrogen-bond acceptors (Lipinski definition) is 6. The molecule has 1 heterocycles. The maximum atomic E-state index is 9.37. The number of phenols is 2. The zero-order chi connectivity index (χ0) is 11.5. The highest BCUT2D eigenvalue weighted by molar-refractivity contribution is 5.60. The molecule has 2 aromatic rings. The highest BCUT2D eigenvalue weighted by atomic mass is 16.3. The van der Waals surface area contributed by atoms with Crippen molar-refractivity contribution < 1.29 is 10.2 Å². The summed E-state index contributed by atoms with van der Waals surface area (Å²) in [6, 6.07) is 4.40. The van der Waals surface area contributed by atoms with Crippen LogP contribution < -0.4 is 5.73 Å². The van der Waals surface area contributed by atoms with Gasteiger partial charge in [-0.1, -0.05) is 0 Å². The van der Waals surface area contributed by atoms with Crippen LogP contribution in [0.25, 0.3) is 11.4 Å². The van der Waals surface area contributed by atoms with Gasteiger partial charge in [0, 0.05) is 12.1 Å². The first-order valence-corrected chi connectivity index (χ1v) is 4.71. The van der Waals surface area contributed by atoms with Crippen LogP contribution in [-0.4, -0.2) is 37.0 Å². The lowest BCUT2D eigenvalue weighted by Gasteiger charge is -2.04. The molecule has 0 amide bonds. The molecule has 0 aliphatic heterocycles. The minimum absolute atomic E-state index is 0.179. The Labute approximate surface area is 91.1 Å². The van der Waals surface area contributed by atoms with Crippen molar-refractivity contribution >= 4 is 0 Å². The SMILES string of the molecule is NCCn1nnnc1-c1ccc(O)c(O)c1. The molecule has 0 aliphatic rings. The monoisotopic (exact) mass is 221 g/mol. The second-order valence-corrected chi connectivity index (χ2v) is 3.22. The third-order valence-corrected chi connectivity index (χ3v) is 2.11. The van der Waals surface area contributed by atoms with E-state index in [2.05, 4.69) is 15.5 Å². The largest absolute Gasteiger partial charge is 0.504 e. The number of nitrogens with two attached hydrogens (primary N) is 1. The Morgan fingerprint density at radius 2 is 2.06 bits per heavy atom. The van der Waals surface area contributed by atoms with E-state index in [9.17, 15) is 10.2 Å². The van der Waals surface area contributed by atoms with E-state index in [1.165, 1.54) is 16.8 Å². The lowest BCUT2D eigenvalue weighted by Crippen LogP contribution is -2.12. The van der Waals surface area contributed by atoms with Crippen molar-refractivity contribution in [3.8, 4) is 22.9 Å². The van der Waals surface area contributed by atoms with Crippen molar-refractivity contribution in [3.63, 3.8) is 0 Å². The van der Waals surface area contributed by atoms with Crippen LogP contribution in [0.5, 0.6) is 11.5 Å². The van der Waals surface area contributed by atoms with Gasteiger partial charge in [-0.25, -0.2) is 4.68 Å². The molecule has 2 rings (SSSR count). The molecule has 0 aliphatic carbocycles. The topological polar surface area (TPSA) is 110 Å². The average molecular weight is 221 g/mol. The Morgan fingerprint density at radius 1 is 1.25 bits per heavy atom. The number of aromatic hydroxyl groups is 2. The summed E-state index contributed by atoms with van der Waals surface area (Å²) < 4.78 is 1.53. The third kappa shape index (κ3) is 1.80. The Morgan fingerprint density at radius 3 is 2.75 bits per heavy atom. The molecular weight excluding hydrogens is 210 g/mol. The summed E-state index contributed by atoms with van der Waals surface area (Å²) in [6.45, 7) is 0.909. The van der Waals surface area contributed by atoms with Crippen molar-refractivity contribution in [2.75, 3.05) is 6.54 Å². The molecule has 4 N–H and O–H groups in total. The summed E-state index contributed by atoms with van der Waals surface area (Å²) in [5.41, 5.74) is 6.03. The molecule has 0 bridgehead atoms. The van der Waals surface area contributed by atoms with E-state index >= 15 is 0 Å². The molecule has 0 spiro atoms. The molecule has 0 fully saturated rings. The molecule has 0 radical (unpaired) electrons. The van der Waals surface area contributed by atoms with E-state index in [1.807, 2.05) is 0 Å². The molecule has 7 heteroatoms. The first-order chi connectivity index (χ1) is 7.72. The maximum Gasteiger partial charge on any atom is 0.182 e. The van der Waals surface area contributed by atoms with Crippen LogP contribution in [-0.2, 0) is 6.54 Å². The Balaban J connectivity index is 2.42. The molecule has 0 atom stereocenters. The fourth-order valence-corrected chi connectivity index (χ4v) is 1.35. The van der Waals surface area contributed by atoms with Crippen molar-refractivity contribution in [2.24, 2.45) is 5.73 Å². The highest BCUT2D eigenvalue weighted by Crippen LogP contribution is 2.29. The fourth-order valence-electron chi connectivity index (χ4n) is 1.35. The Bertz CT molecular complexity index is 496. The van der Waals surface area contributed by atoms with Gasteiger partial charge < -0.3 is 15.9 Å². The summed E-state index contributed by atoms with van der Waals surface area (Å²) in [6.07, 6.45) is 0. The standard InChI is InChI=1S/C9H11N5O2/c10-3-4-14-9(11-12-13-14)6-1-2-7(15)8(16)5-6/h1-2,5,15-16H,3-4,10H2. The molecule has 1 aromatic heterocycles. The quantitative estimate of drug-likeness (QED) is 0.614. The van der Waals surface area contributed by atoms with Gasteiger partial charge in [-0.15, -0.1) is 5.10 Å². The smallest absolute Gasteiger partial charge is 0.182 e. The van der Waals surface area contributed by atoms with Gasteiger partial charge in [0.1, 0.15) is 0 Å². The number of hydrogen-bond donors (Lipinski definition) is 3. The number of benzene rings is 1. The summed E-state index contributed by atoms with van der Waals surface area (Å²) in [5.74, 6) is 0.113. The third-order valence-electron chi connectivity index (χ3n) is 2.11. The molecule has 84 valence electrons. The summed E-state index contributed by atoms with van der Waals surface area (Å²) in [5, 5.41) is 29.7. The van der Waals surface area contributed by atoms with E-state index in [1.54, 1.807) is 6.07 Å². The van der Waals surface area contributed by atoms with Gasteiger partial charge in [-0.3, -0.25) is 0 Å². The number of aromatic nitrogens is 4. The number of rotatable bonds is 3. The second kappa shape index (κ2) is 4.15. The summed E-state index contributed by atoms with van der Waals surface area (Å²) >= 11 is 0. The normalized spacial score (nSPS) is 10.6. The molecule has 0 saturated carbocycles. The molecule has 0 saturated heterocycles. The first kappa shape index (κ1) is 10.4.